The predicted octanol–water partition coefficient (Wildman–Crippen LogP) is 3.57. The van der Waals surface area contributed by atoms with Crippen LogP contribution in [0.5, 0.6) is 0 Å². The van der Waals surface area contributed by atoms with Crippen LogP contribution in [0.25, 0.3) is 0 Å². The van der Waals surface area contributed by atoms with Gasteiger partial charge in [-0.3, -0.25) is 0 Å². The monoisotopic (exact) mass is 285 g/mol. The van der Waals surface area contributed by atoms with Crippen LogP contribution in [0.2, 0.25) is 0 Å². The molecule has 1 aliphatic rings. The zero-order chi connectivity index (χ0) is 15.2. The van der Waals surface area contributed by atoms with E-state index in [0.717, 1.165) is 12.8 Å². The van der Waals surface area contributed by atoms with E-state index in [1.807, 2.05) is 20.8 Å². The summed E-state index contributed by atoms with van der Waals surface area (Å²) in [4.78, 5) is 13.8. The first-order chi connectivity index (χ1) is 9.33. The third-order valence-corrected chi connectivity index (χ3v) is 3.77. The molecule has 0 aliphatic carbocycles. The lowest BCUT2D eigenvalue weighted by molar-refractivity contribution is -0.0104. The summed E-state index contributed by atoms with van der Waals surface area (Å²) in [6, 6.07) is 0. The van der Waals surface area contributed by atoms with Crippen molar-refractivity contribution in [3.05, 3.63) is 0 Å². The Morgan fingerprint density at radius 1 is 1.30 bits per heavy atom. The van der Waals surface area contributed by atoms with Gasteiger partial charge in [-0.25, -0.2) is 4.79 Å². The minimum absolute atomic E-state index is 0.202. The molecule has 1 aliphatic heterocycles. The van der Waals surface area contributed by atoms with Gasteiger partial charge in [0.15, 0.2) is 0 Å². The fraction of sp³-hybridized carbons (Fsp3) is 0.938. The molecule has 0 aromatic rings. The van der Waals surface area contributed by atoms with Crippen LogP contribution in [0.1, 0.15) is 66.2 Å². The van der Waals surface area contributed by atoms with Crippen molar-refractivity contribution >= 4 is 6.09 Å². The Hall–Kier alpha value is -0.770. The first-order valence-electron chi connectivity index (χ1n) is 7.99. The zero-order valence-electron chi connectivity index (χ0n) is 13.5. The molecule has 4 heteroatoms. The van der Waals surface area contributed by atoms with Gasteiger partial charge in [0.25, 0.3) is 0 Å². The maximum absolute atomic E-state index is 12.1. The molecular weight excluding hydrogens is 254 g/mol. The standard InChI is InChI=1S/C16H31NO3/c1-5-6-7-8-9-13-12-17(11-10-14(13)18)15(19)20-16(2,3)4/h13-14,18H,5-12H2,1-4H3. The van der Waals surface area contributed by atoms with Crippen LogP contribution < -0.4 is 0 Å². The van der Waals surface area contributed by atoms with Gasteiger partial charge < -0.3 is 14.7 Å². The lowest BCUT2D eigenvalue weighted by atomic mass is 9.90. The summed E-state index contributed by atoms with van der Waals surface area (Å²) >= 11 is 0. The van der Waals surface area contributed by atoms with Gasteiger partial charge in [0, 0.05) is 19.0 Å². The van der Waals surface area contributed by atoms with E-state index >= 15 is 0 Å². The highest BCUT2D eigenvalue weighted by molar-refractivity contribution is 5.68. The molecule has 2 unspecified atom stereocenters. The number of aliphatic hydroxyl groups is 1. The SMILES string of the molecule is CCCCCCC1CN(C(=O)OC(C)(C)C)CCC1O. The number of amides is 1. The van der Waals surface area contributed by atoms with E-state index < -0.39 is 5.60 Å². The van der Waals surface area contributed by atoms with E-state index in [1.165, 1.54) is 19.3 Å². The number of nitrogens with zero attached hydrogens (tertiary/aromatic N) is 1. The number of aliphatic hydroxyl groups excluding tert-OH is 1. The molecule has 0 aromatic heterocycles. The molecule has 4 nitrogen and oxygen atoms in total. The van der Waals surface area contributed by atoms with Crippen LogP contribution in [0.3, 0.4) is 0 Å². The van der Waals surface area contributed by atoms with Crippen molar-refractivity contribution in [3.63, 3.8) is 0 Å². The van der Waals surface area contributed by atoms with Crippen molar-refractivity contribution in [2.24, 2.45) is 5.92 Å². The Morgan fingerprint density at radius 2 is 2.00 bits per heavy atom. The molecule has 0 bridgehead atoms. The molecule has 1 N–H and O–H groups in total. The van der Waals surface area contributed by atoms with Crippen molar-refractivity contribution in [2.75, 3.05) is 13.1 Å². The number of ether oxygens (including phenoxy) is 1. The van der Waals surface area contributed by atoms with Gasteiger partial charge >= 0.3 is 6.09 Å². The van der Waals surface area contributed by atoms with Gasteiger partial charge in [-0.15, -0.1) is 0 Å². The Labute approximate surface area is 123 Å². The van der Waals surface area contributed by atoms with Crippen molar-refractivity contribution in [2.45, 2.75) is 77.9 Å². The predicted molar refractivity (Wildman–Crippen MR) is 80.7 cm³/mol. The van der Waals surface area contributed by atoms with Gasteiger partial charge in [0.05, 0.1) is 6.10 Å². The maximum Gasteiger partial charge on any atom is 0.410 e. The second-order valence-electron chi connectivity index (χ2n) is 6.89. The van der Waals surface area contributed by atoms with Crippen molar-refractivity contribution < 1.29 is 14.6 Å². The normalized spacial score (nSPS) is 23.8. The fourth-order valence-corrected chi connectivity index (χ4v) is 2.63. The number of piperidine rings is 1. The first-order valence-corrected chi connectivity index (χ1v) is 7.99. The van der Waals surface area contributed by atoms with Gasteiger partial charge in [-0.1, -0.05) is 32.6 Å². The van der Waals surface area contributed by atoms with Crippen LogP contribution in [0, 0.1) is 5.92 Å². The molecule has 118 valence electrons. The summed E-state index contributed by atoms with van der Waals surface area (Å²) in [7, 11) is 0. The van der Waals surface area contributed by atoms with E-state index in [0.29, 0.717) is 19.5 Å². The minimum Gasteiger partial charge on any atom is -0.444 e. The smallest absolute Gasteiger partial charge is 0.410 e. The van der Waals surface area contributed by atoms with Gasteiger partial charge in [-0.2, -0.15) is 0 Å². The van der Waals surface area contributed by atoms with E-state index in [4.69, 9.17) is 4.74 Å². The van der Waals surface area contributed by atoms with E-state index in [2.05, 4.69) is 6.92 Å². The third kappa shape index (κ3) is 6.12. The summed E-state index contributed by atoms with van der Waals surface area (Å²) in [5.41, 5.74) is -0.455. The molecule has 0 aromatic carbocycles. The van der Waals surface area contributed by atoms with Crippen molar-refractivity contribution in [1.29, 1.82) is 0 Å². The molecule has 0 radical (unpaired) electrons. The molecule has 1 fully saturated rings. The lowest BCUT2D eigenvalue weighted by Gasteiger charge is -2.37. The summed E-state index contributed by atoms with van der Waals surface area (Å²) in [5, 5.41) is 10.1. The van der Waals surface area contributed by atoms with Crippen LogP contribution in [0.4, 0.5) is 4.79 Å². The van der Waals surface area contributed by atoms with Crippen LogP contribution in [0.15, 0.2) is 0 Å². The minimum atomic E-state index is -0.455. The average molecular weight is 285 g/mol. The number of carbonyl (C=O) groups excluding carboxylic acids is 1. The number of unbranched alkanes of at least 4 members (excludes halogenated alkanes) is 3. The quantitative estimate of drug-likeness (QED) is 0.786. The van der Waals surface area contributed by atoms with Gasteiger partial charge in [0.1, 0.15) is 5.60 Å². The number of rotatable bonds is 5. The highest BCUT2D eigenvalue weighted by Crippen LogP contribution is 2.24. The second kappa shape index (κ2) is 7.87. The first kappa shape index (κ1) is 17.3. The number of likely N-dealkylation sites (tertiary alicyclic amines) is 1. The van der Waals surface area contributed by atoms with Crippen LogP contribution in [-0.4, -0.2) is 40.9 Å². The van der Waals surface area contributed by atoms with Crippen LogP contribution in [-0.2, 0) is 4.74 Å². The molecular formula is C16H31NO3. The number of hydrogen-bond acceptors (Lipinski definition) is 3. The molecule has 2 atom stereocenters. The van der Waals surface area contributed by atoms with E-state index in [1.54, 1.807) is 4.90 Å². The fourth-order valence-electron chi connectivity index (χ4n) is 2.63. The third-order valence-electron chi connectivity index (χ3n) is 3.77. The largest absolute Gasteiger partial charge is 0.444 e. The molecule has 0 spiro atoms. The van der Waals surface area contributed by atoms with Crippen molar-refractivity contribution in [3.8, 4) is 0 Å². The zero-order valence-corrected chi connectivity index (χ0v) is 13.5. The summed E-state index contributed by atoms with van der Waals surface area (Å²) in [5.74, 6) is 0.202. The Bertz CT molecular complexity index is 299. The summed E-state index contributed by atoms with van der Waals surface area (Å²) < 4.78 is 5.41. The van der Waals surface area contributed by atoms with Crippen molar-refractivity contribution in [1.82, 2.24) is 4.90 Å². The molecule has 1 heterocycles. The highest BCUT2D eigenvalue weighted by Gasteiger charge is 2.32. The topological polar surface area (TPSA) is 49.8 Å². The van der Waals surface area contributed by atoms with E-state index in [9.17, 15) is 9.90 Å². The van der Waals surface area contributed by atoms with Gasteiger partial charge in [-0.05, 0) is 33.6 Å². The lowest BCUT2D eigenvalue weighted by Crippen LogP contribution is -2.47. The molecule has 1 rings (SSSR count). The highest BCUT2D eigenvalue weighted by atomic mass is 16.6. The molecule has 1 amide bonds. The maximum atomic E-state index is 12.1. The number of carbonyl (C=O) groups is 1. The molecule has 20 heavy (non-hydrogen) atoms. The Morgan fingerprint density at radius 3 is 2.60 bits per heavy atom. The summed E-state index contributed by atoms with van der Waals surface area (Å²) in [6.45, 7) is 9.06. The van der Waals surface area contributed by atoms with E-state index in [-0.39, 0.29) is 18.1 Å². The number of hydrogen-bond donors (Lipinski definition) is 1. The van der Waals surface area contributed by atoms with Gasteiger partial charge in [0.2, 0.25) is 0 Å². The van der Waals surface area contributed by atoms with Crippen LogP contribution >= 0.6 is 0 Å². The summed E-state index contributed by atoms with van der Waals surface area (Å²) in [6.07, 6.45) is 5.97. The molecule has 0 saturated carbocycles. The Balaban J connectivity index is 2.42. The Kier molecular flexibility index (Phi) is 6.80. The average Bonchev–Trinajstić information content (AvgIpc) is 2.34. The second-order valence-corrected chi connectivity index (χ2v) is 6.89. The molecule has 1 saturated heterocycles.